The SMILES string of the molecule is C[C@]12CC[C@H]3c4ccc(OCc5ccccc5)cc4CC[C@H]3[C@@H]1C=CC2=O. The summed E-state index contributed by atoms with van der Waals surface area (Å²) < 4.78 is 6.04. The minimum atomic E-state index is -0.141. The minimum absolute atomic E-state index is 0.141. The summed E-state index contributed by atoms with van der Waals surface area (Å²) in [6.07, 6.45) is 8.47. The number of ketones is 1. The van der Waals surface area contributed by atoms with Crippen LogP contribution in [0.3, 0.4) is 0 Å². The maximum atomic E-state index is 12.4. The van der Waals surface area contributed by atoms with E-state index in [0.29, 0.717) is 30.1 Å². The first-order valence-corrected chi connectivity index (χ1v) is 10.2. The van der Waals surface area contributed by atoms with Gasteiger partial charge in [0.1, 0.15) is 12.4 Å². The Morgan fingerprint density at radius 1 is 1.11 bits per heavy atom. The van der Waals surface area contributed by atoms with Crippen molar-refractivity contribution in [3.63, 3.8) is 0 Å². The predicted octanol–water partition coefficient (Wildman–Crippen LogP) is 5.47. The van der Waals surface area contributed by atoms with Crippen LogP contribution in [-0.4, -0.2) is 5.78 Å². The van der Waals surface area contributed by atoms with Crippen molar-refractivity contribution in [1.82, 2.24) is 0 Å². The summed E-state index contributed by atoms with van der Waals surface area (Å²) >= 11 is 0. The Labute approximate surface area is 161 Å². The van der Waals surface area contributed by atoms with E-state index in [1.54, 1.807) is 0 Å². The molecule has 0 aliphatic heterocycles. The maximum absolute atomic E-state index is 12.4. The molecular weight excluding hydrogens is 332 g/mol. The lowest BCUT2D eigenvalue weighted by Crippen LogP contribution is -2.42. The maximum Gasteiger partial charge on any atom is 0.161 e. The highest BCUT2D eigenvalue weighted by Crippen LogP contribution is 2.57. The van der Waals surface area contributed by atoms with Gasteiger partial charge in [-0.3, -0.25) is 4.79 Å². The van der Waals surface area contributed by atoms with Crippen LogP contribution in [0, 0.1) is 17.3 Å². The zero-order chi connectivity index (χ0) is 18.4. The Morgan fingerprint density at radius 2 is 1.96 bits per heavy atom. The summed E-state index contributed by atoms with van der Waals surface area (Å²) in [5.74, 6) is 2.93. The summed E-state index contributed by atoms with van der Waals surface area (Å²) in [4.78, 5) is 12.4. The van der Waals surface area contributed by atoms with Crippen LogP contribution in [0.15, 0.2) is 60.7 Å². The molecule has 1 saturated carbocycles. The number of allylic oxidation sites excluding steroid dienone is 2. The fraction of sp³-hybridized carbons (Fsp3) is 0.400. The van der Waals surface area contributed by atoms with Crippen molar-refractivity contribution < 1.29 is 9.53 Å². The van der Waals surface area contributed by atoms with E-state index in [1.165, 1.54) is 23.1 Å². The van der Waals surface area contributed by atoms with Crippen molar-refractivity contribution in [3.05, 3.63) is 77.4 Å². The van der Waals surface area contributed by atoms with Gasteiger partial charge in [-0.05, 0) is 78.3 Å². The topological polar surface area (TPSA) is 26.3 Å². The van der Waals surface area contributed by atoms with Gasteiger partial charge < -0.3 is 4.74 Å². The van der Waals surface area contributed by atoms with Crippen LogP contribution in [0.2, 0.25) is 0 Å². The molecule has 0 bridgehead atoms. The van der Waals surface area contributed by atoms with E-state index in [2.05, 4.69) is 43.3 Å². The minimum Gasteiger partial charge on any atom is -0.489 e. The fourth-order valence-corrected chi connectivity index (χ4v) is 5.66. The average Bonchev–Trinajstić information content (AvgIpc) is 3.01. The van der Waals surface area contributed by atoms with Gasteiger partial charge in [0.15, 0.2) is 5.78 Å². The Hall–Kier alpha value is -2.35. The van der Waals surface area contributed by atoms with Crippen molar-refractivity contribution in [2.45, 2.75) is 45.1 Å². The first kappa shape index (κ1) is 16.8. The van der Waals surface area contributed by atoms with Crippen LogP contribution in [-0.2, 0) is 17.8 Å². The van der Waals surface area contributed by atoms with Crippen molar-refractivity contribution in [2.75, 3.05) is 0 Å². The lowest BCUT2D eigenvalue weighted by atomic mass is 9.55. The van der Waals surface area contributed by atoms with E-state index in [-0.39, 0.29) is 5.41 Å². The molecule has 0 amide bonds. The van der Waals surface area contributed by atoms with E-state index < -0.39 is 0 Å². The molecule has 0 unspecified atom stereocenters. The molecule has 4 atom stereocenters. The van der Waals surface area contributed by atoms with Gasteiger partial charge in [-0.15, -0.1) is 0 Å². The molecule has 0 radical (unpaired) electrons. The Morgan fingerprint density at radius 3 is 2.81 bits per heavy atom. The van der Waals surface area contributed by atoms with Crippen LogP contribution in [0.5, 0.6) is 5.75 Å². The highest BCUT2D eigenvalue weighted by atomic mass is 16.5. The third-order valence-electron chi connectivity index (χ3n) is 7.22. The molecule has 0 saturated heterocycles. The zero-order valence-electron chi connectivity index (χ0n) is 15.9. The molecule has 3 aliphatic rings. The summed E-state index contributed by atoms with van der Waals surface area (Å²) in [6, 6.07) is 17.0. The van der Waals surface area contributed by atoms with Crippen molar-refractivity contribution in [2.24, 2.45) is 17.3 Å². The molecule has 5 rings (SSSR count). The lowest BCUT2D eigenvalue weighted by molar-refractivity contribution is -0.126. The molecule has 0 heterocycles. The quantitative estimate of drug-likeness (QED) is 0.727. The van der Waals surface area contributed by atoms with Crippen LogP contribution in [0.1, 0.15) is 48.8 Å². The summed E-state index contributed by atoms with van der Waals surface area (Å²) in [5, 5.41) is 0. The van der Waals surface area contributed by atoms with E-state index in [0.717, 1.165) is 25.0 Å². The molecule has 2 aromatic carbocycles. The van der Waals surface area contributed by atoms with Gasteiger partial charge in [-0.25, -0.2) is 0 Å². The molecule has 2 nitrogen and oxygen atoms in total. The first-order valence-electron chi connectivity index (χ1n) is 10.2. The van der Waals surface area contributed by atoms with Crippen LogP contribution in [0.25, 0.3) is 0 Å². The van der Waals surface area contributed by atoms with Gasteiger partial charge >= 0.3 is 0 Å². The van der Waals surface area contributed by atoms with E-state index in [4.69, 9.17) is 4.74 Å². The molecule has 2 heteroatoms. The van der Waals surface area contributed by atoms with Crippen LogP contribution >= 0.6 is 0 Å². The van der Waals surface area contributed by atoms with Gasteiger partial charge in [0.05, 0.1) is 0 Å². The second kappa shape index (κ2) is 6.37. The number of hydrogen-bond acceptors (Lipinski definition) is 2. The predicted molar refractivity (Wildman–Crippen MR) is 107 cm³/mol. The molecule has 2 aromatic rings. The number of benzene rings is 2. The standard InChI is InChI=1S/C25H26O2/c1-25-14-13-21-20-10-8-19(27-16-17-5-3-2-4-6-17)15-18(20)7-9-22(21)23(25)11-12-24(25)26/h2-6,8,10-12,15,21-23H,7,9,13-14,16H2,1H3/t21-,22+,23-,25-/m0/s1. The number of fused-ring (bicyclic) bond motifs is 5. The second-order valence-electron chi connectivity index (χ2n) is 8.65. The summed E-state index contributed by atoms with van der Waals surface area (Å²) in [6.45, 7) is 2.80. The fourth-order valence-electron chi connectivity index (χ4n) is 5.66. The number of carbonyl (C=O) groups excluding carboxylic acids is 1. The zero-order valence-corrected chi connectivity index (χ0v) is 15.9. The molecule has 138 valence electrons. The molecule has 1 fully saturated rings. The number of rotatable bonds is 3. The number of hydrogen-bond donors (Lipinski definition) is 0. The van der Waals surface area contributed by atoms with Crippen LogP contribution < -0.4 is 4.74 Å². The molecule has 27 heavy (non-hydrogen) atoms. The second-order valence-corrected chi connectivity index (χ2v) is 8.65. The highest BCUT2D eigenvalue weighted by molar-refractivity contribution is 5.97. The highest BCUT2D eigenvalue weighted by Gasteiger charge is 2.52. The molecule has 3 aliphatic carbocycles. The van der Waals surface area contributed by atoms with Crippen molar-refractivity contribution in [3.8, 4) is 5.75 Å². The van der Waals surface area contributed by atoms with Gasteiger partial charge in [0.25, 0.3) is 0 Å². The van der Waals surface area contributed by atoms with Crippen molar-refractivity contribution in [1.29, 1.82) is 0 Å². The largest absolute Gasteiger partial charge is 0.489 e. The molecule has 0 spiro atoms. The van der Waals surface area contributed by atoms with Gasteiger partial charge in [0, 0.05) is 5.41 Å². The van der Waals surface area contributed by atoms with E-state index >= 15 is 0 Å². The summed E-state index contributed by atoms with van der Waals surface area (Å²) in [7, 11) is 0. The van der Waals surface area contributed by atoms with E-state index in [1.807, 2.05) is 24.3 Å². The Balaban J connectivity index is 1.36. The van der Waals surface area contributed by atoms with Crippen LogP contribution in [0.4, 0.5) is 0 Å². The number of aryl methyl sites for hydroxylation is 1. The first-order chi connectivity index (χ1) is 13.1. The third-order valence-corrected chi connectivity index (χ3v) is 7.22. The van der Waals surface area contributed by atoms with Gasteiger partial charge in [0.2, 0.25) is 0 Å². The summed E-state index contributed by atoms with van der Waals surface area (Å²) in [5.41, 5.74) is 3.99. The molecular formula is C25H26O2. The lowest BCUT2D eigenvalue weighted by Gasteiger charge is -2.48. The smallest absolute Gasteiger partial charge is 0.161 e. The number of ether oxygens (including phenoxy) is 1. The monoisotopic (exact) mass is 358 g/mol. The van der Waals surface area contributed by atoms with Crippen molar-refractivity contribution >= 4 is 5.78 Å². The van der Waals surface area contributed by atoms with E-state index in [9.17, 15) is 4.79 Å². The molecule has 0 aromatic heterocycles. The average molecular weight is 358 g/mol. The number of carbonyl (C=O) groups is 1. The Kier molecular flexibility index (Phi) is 3.96. The van der Waals surface area contributed by atoms with Gasteiger partial charge in [-0.1, -0.05) is 49.4 Å². The normalized spacial score (nSPS) is 31.1. The third kappa shape index (κ3) is 2.74. The Bertz CT molecular complexity index is 898. The van der Waals surface area contributed by atoms with Gasteiger partial charge in [-0.2, -0.15) is 0 Å². The molecule has 0 N–H and O–H groups in total.